The first-order valence-electron chi connectivity index (χ1n) is 5.89. The fraction of sp³-hybridized carbons (Fsp3) is 0.154. The van der Waals surface area contributed by atoms with Gasteiger partial charge in [-0.2, -0.15) is 0 Å². The lowest BCUT2D eigenvalue weighted by atomic mass is 10.2. The Balaban J connectivity index is 1.71. The molecule has 0 atom stereocenters. The zero-order valence-electron chi connectivity index (χ0n) is 10.4. The highest BCUT2D eigenvalue weighted by Crippen LogP contribution is 2.17. The van der Waals surface area contributed by atoms with Gasteiger partial charge in [-0.05, 0) is 23.6 Å². The van der Waals surface area contributed by atoms with Gasteiger partial charge in [0.05, 0.1) is 6.54 Å². The van der Waals surface area contributed by atoms with Crippen LogP contribution in [0.2, 0.25) is 0 Å². The van der Waals surface area contributed by atoms with E-state index >= 15 is 0 Å². The summed E-state index contributed by atoms with van der Waals surface area (Å²) in [6.07, 6.45) is 3.49. The Bertz CT molecular complexity index is 642. The molecule has 96 valence electrons. The molecule has 3 heterocycles. The average Bonchev–Trinajstić information content (AvgIpc) is 3.08. The van der Waals surface area contributed by atoms with E-state index in [1.54, 1.807) is 23.9 Å². The predicted octanol–water partition coefficient (Wildman–Crippen LogP) is 2.55. The Morgan fingerprint density at radius 1 is 1.32 bits per heavy atom. The molecule has 3 aromatic heterocycles. The monoisotopic (exact) mass is 271 g/mol. The molecular weight excluding hydrogens is 258 g/mol. The molecule has 6 heteroatoms. The maximum atomic E-state index is 4.39. The number of aromatic nitrogens is 4. The van der Waals surface area contributed by atoms with Gasteiger partial charge in [-0.25, -0.2) is 4.98 Å². The molecule has 3 rings (SSSR count). The van der Waals surface area contributed by atoms with Crippen molar-refractivity contribution in [3.8, 4) is 11.4 Å². The van der Waals surface area contributed by atoms with Crippen molar-refractivity contribution < 1.29 is 0 Å². The zero-order chi connectivity index (χ0) is 13.1. The second-order valence-corrected chi connectivity index (χ2v) is 5.16. The van der Waals surface area contributed by atoms with E-state index in [2.05, 4.69) is 31.9 Å². The standard InChI is InChI=1S/C13H13N5S/c1-18-9-16-17-13(18)10-4-5-12(14-7-10)15-8-11-3-2-6-19-11/h2-7,9H,8H2,1H3,(H,14,15). The van der Waals surface area contributed by atoms with Crippen LogP contribution in [-0.2, 0) is 13.6 Å². The van der Waals surface area contributed by atoms with Gasteiger partial charge in [0.1, 0.15) is 12.1 Å². The topological polar surface area (TPSA) is 55.6 Å². The molecule has 0 aliphatic rings. The van der Waals surface area contributed by atoms with Crippen molar-refractivity contribution in [1.29, 1.82) is 0 Å². The lowest BCUT2D eigenvalue weighted by Crippen LogP contribution is -2.00. The van der Waals surface area contributed by atoms with Crippen LogP contribution in [-0.4, -0.2) is 19.7 Å². The third-order valence-electron chi connectivity index (χ3n) is 2.76. The molecule has 19 heavy (non-hydrogen) atoms. The number of aryl methyl sites for hydroxylation is 1. The van der Waals surface area contributed by atoms with Crippen molar-refractivity contribution in [2.75, 3.05) is 5.32 Å². The Kier molecular flexibility index (Phi) is 3.24. The molecule has 0 spiro atoms. The SMILES string of the molecule is Cn1cnnc1-c1ccc(NCc2cccs2)nc1. The summed E-state index contributed by atoms with van der Waals surface area (Å²) < 4.78 is 1.87. The minimum atomic E-state index is 0.800. The van der Waals surface area contributed by atoms with Gasteiger partial charge in [0.2, 0.25) is 0 Å². The van der Waals surface area contributed by atoms with Gasteiger partial charge >= 0.3 is 0 Å². The van der Waals surface area contributed by atoms with Crippen LogP contribution in [0.1, 0.15) is 4.88 Å². The molecule has 0 amide bonds. The largest absolute Gasteiger partial charge is 0.365 e. The van der Waals surface area contributed by atoms with Crippen molar-refractivity contribution in [1.82, 2.24) is 19.7 Å². The van der Waals surface area contributed by atoms with E-state index in [0.717, 1.165) is 23.8 Å². The van der Waals surface area contributed by atoms with Crippen molar-refractivity contribution in [3.05, 3.63) is 47.0 Å². The molecule has 0 radical (unpaired) electrons. The highest BCUT2D eigenvalue weighted by Gasteiger charge is 2.04. The highest BCUT2D eigenvalue weighted by atomic mass is 32.1. The number of nitrogens with one attached hydrogen (secondary N) is 1. The zero-order valence-corrected chi connectivity index (χ0v) is 11.3. The molecule has 0 aliphatic heterocycles. The summed E-state index contributed by atoms with van der Waals surface area (Å²) in [5, 5.41) is 13.3. The summed E-state index contributed by atoms with van der Waals surface area (Å²) in [5.74, 6) is 1.68. The smallest absolute Gasteiger partial charge is 0.165 e. The van der Waals surface area contributed by atoms with Crippen LogP contribution in [0, 0.1) is 0 Å². The number of pyridine rings is 1. The number of rotatable bonds is 4. The summed E-state index contributed by atoms with van der Waals surface area (Å²) in [5.41, 5.74) is 0.960. The minimum Gasteiger partial charge on any atom is -0.365 e. The Hall–Kier alpha value is -2.21. The van der Waals surface area contributed by atoms with Crippen molar-refractivity contribution >= 4 is 17.2 Å². The van der Waals surface area contributed by atoms with E-state index in [-0.39, 0.29) is 0 Å². The number of nitrogens with zero attached hydrogens (tertiary/aromatic N) is 4. The van der Waals surface area contributed by atoms with E-state index in [1.807, 2.05) is 29.8 Å². The third-order valence-corrected chi connectivity index (χ3v) is 3.63. The van der Waals surface area contributed by atoms with Gasteiger partial charge < -0.3 is 9.88 Å². The van der Waals surface area contributed by atoms with Crippen molar-refractivity contribution in [2.24, 2.45) is 7.05 Å². The lowest BCUT2D eigenvalue weighted by Gasteiger charge is -2.05. The molecule has 1 N–H and O–H groups in total. The summed E-state index contributed by atoms with van der Waals surface area (Å²) in [6, 6.07) is 8.10. The maximum Gasteiger partial charge on any atom is 0.165 e. The Morgan fingerprint density at radius 2 is 2.26 bits per heavy atom. The fourth-order valence-corrected chi connectivity index (χ4v) is 2.41. The number of hydrogen-bond donors (Lipinski definition) is 1. The van der Waals surface area contributed by atoms with E-state index in [4.69, 9.17) is 0 Å². The van der Waals surface area contributed by atoms with Crippen LogP contribution in [0.25, 0.3) is 11.4 Å². The molecule has 5 nitrogen and oxygen atoms in total. The van der Waals surface area contributed by atoms with E-state index < -0.39 is 0 Å². The van der Waals surface area contributed by atoms with Crippen LogP contribution in [0.15, 0.2) is 42.2 Å². The van der Waals surface area contributed by atoms with Gasteiger partial charge in [-0.1, -0.05) is 6.07 Å². The minimum absolute atomic E-state index is 0.800. The van der Waals surface area contributed by atoms with Crippen molar-refractivity contribution in [3.63, 3.8) is 0 Å². The average molecular weight is 271 g/mol. The van der Waals surface area contributed by atoms with E-state index in [1.165, 1.54) is 4.88 Å². The highest BCUT2D eigenvalue weighted by molar-refractivity contribution is 7.09. The van der Waals surface area contributed by atoms with Gasteiger partial charge in [0.25, 0.3) is 0 Å². The molecule has 3 aromatic rings. The summed E-state index contributed by atoms with van der Waals surface area (Å²) in [7, 11) is 1.91. The van der Waals surface area contributed by atoms with E-state index in [9.17, 15) is 0 Å². The van der Waals surface area contributed by atoms with Crippen LogP contribution in [0.4, 0.5) is 5.82 Å². The van der Waals surface area contributed by atoms with Crippen LogP contribution < -0.4 is 5.32 Å². The first-order chi connectivity index (χ1) is 9.33. The molecule has 0 aliphatic carbocycles. The molecule has 0 unspecified atom stereocenters. The lowest BCUT2D eigenvalue weighted by molar-refractivity contribution is 0.918. The van der Waals surface area contributed by atoms with Crippen molar-refractivity contribution in [2.45, 2.75) is 6.54 Å². The van der Waals surface area contributed by atoms with E-state index in [0.29, 0.717) is 0 Å². The van der Waals surface area contributed by atoms with Crippen LogP contribution in [0.3, 0.4) is 0 Å². The Labute approximate surface area is 115 Å². The molecule has 0 aromatic carbocycles. The van der Waals surface area contributed by atoms with Crippen LogP contribution >= 0.6 is 11.3 Å². The first-order valence-corrected chi connectivity index (χ1v) is 6.77. The second-order valence-electron chi connectivity index (χ2n) is 4.13. The second kappa shape index (κ2) is 5.19. The fourth-order valence-electron chi connectivity index (χ4n) is 1.77. The molecule has 0 bridgehead atoms. The van der Waals surface area contributed by atoms with Gasteiger partial charge in [0.15, 0.2) is 5.82 Å². The van der Waals surface area contributed by atoms with Gasteiger partial charge in [-0.15, -0.1) is 21.5 Å². The molecular formula is C13H13N5S. The molecule has 0 saturated heterocycles. The Morgan fingerprint density at radius 3 is 2.89 bits per heavy atom. The van der Waals surface area contributed by atoms with Crippen LogP contribution in [0.5, 0.6) is 0 Å². The molecule has 0 saturated carbocycles. The normalized spacial score (nSPS) is 10.6. The summed E-state index contributed by atoms with van der Waals surface area (Å²) in [4.78, 5) is 5.68. The summed E-state index contributed by atoms with van der Waals surface area (Å²) >= 11 is 1.73. The molecule has 0 fully saturated rings. The van der Waals surface area contributed by atoms with Gasteiger partial charge in [0, 0.05) is 23.7 Å². The third kappa shape index (κ3) is 2.63. The first kappa shape index (κ1) is 11.9. The number of anilines is 1. The quantitative estimate of drug-likeness (QED) is 0.792. The predicted molar refractivity (Wildman–Crippen MR) is 75.9 cm³/mol. The van der Waals surface area contributed by atoms with Gasteiger partial charge in [-0.3, -0.25) is 0 Å². The number of thiophene rings is 1. The maximum absolute atomic E-state index is 4.39. The summed E-state index contributed by atoms with van der Waals surface area (Å²) in [6.45, 7) is 0.800. The number of hydrogen-bond acceptors (Lipinski definition) is 5.